The van der Waals surface area contributed by atoms with Gasteiger partial charge in [0, 0.05) is 51.3 Å². The third-order valence-electron chi connectivity index (χ3n) is 5.03. The van der Waals surface area contributed by atoms with E-state index >= 15 is 0 Å². The van der Waals surface area contributed by atoms with E-state index in [0.717, 1.165) is 5.92 Å². The third kappa shape index (κ3) is 4.48. The summed E-state index contributed by atoms with van der Waals surface area (Å²) in [5, 5.41) is 0. The molecule has 1 heterocycles. The van der Waals surface area contributed by atoms with E-state index in [4.69, 9.17) is 0 Å². The fraction of sp³-hybridized carbons (Fsp3) is 0.812. The van der Waals surface area contributed by atoms with Gasteiger partial charge in [-0.3, -0.25) is 0 Å². The van der Waals surface area contributed by atoms with Gasteiger partial charge in [0.1, 0.15) is 0 Å². The molecule has 1 aromatic heterocycles. The monoisotopic (exact) mass is 710 g/mol. The van der Waals surface area contributed by atoms with E-state index in [9.17, 15) is 0 Å². The first kappa shape index (κ1) is 19.6. The molecule has 3 fully saturated rings. The molecule has 3 aliphatic carbocycles. The Bertz CT molecular complexity index is 535. The van der Waals surface area contributed by atoms with Crippen molar-refractivity contribution in [3.63, 3.8) is 0 Å². The maximum Gasteiger partial charge on any atom is 0.0408 e. The van der Waals surface area contributed by atoms with Crippen LogP contribution in [0.2, 0.25) is 0 Å². The number of aromatic nitrogens is 2. The number of hydrogen-bond acceptors (Lipinski definition) is 1. The molecule has 0 unspecified atom stereocenters. The normalized spacial score (nSPS) is 27.8. The molecule has 0 atom stereocenters. The van der Waals surface area contributed by atoms with E-state index in [1.54, 1.807) is 0 Å². The van der Waals surface area contributed by atoms with E-state index in [0.29, 0.717) is 5.54 Å². The van der Waals surface area contributed by atoms with Gasteiger partial charge in [-0.15, -0.1) is 0 Å². The number of rotatable bonds is 1. The van der Waals surface area contributed by atoms with Crippen LogP contribution in [0.5, 0.6) is 0 Å². The van der Waals surface area contributed by atoms with Gasteiger partial charge in [0.15, 0.2) is 0 Å². The summed E-state index contributed by atoms with van der Waals surface area (Å²) in [7, 11) is 2.06. The minimum absolute atomic E-state index is 0.193. The zero-order valence-electron chi connectivity index (χ0n) is 13.9. The average Bonchev–Trinajstić information content (AvgIpc) is 2.81. The van der Waals surface area contributed by atoms with E-state index in [-0.39, 0.29) is 5.54 Å². The van der Waals surface area contributed by atoms with Gasteiger partial charge in [-0.1, -0.05) is 0 Å². The van der Waals surface area contributed by atoms with Crippen molar-refractivity contribution in [1.82, 2.24) is 10.5 Å². The number of halogens is 2. The molecule has 3 saturated carbocycles. The molecule has 0 spiro atoms. The van der Waals surface area contributed by atoms with Gasteiger partial charge in [-0.25, -0.2) is 0 Å². The van der Waals surface area contributed by atoms with Gasteiger partial charge in [-0.2, -0.15) is 1.33 Å². The van der Waals surface area contributed by atoms with Crippen molar-refractivity contribution in [3.8, 4) is 0 Å². The molecule has 0 N–H and O–H groups in total. The predicted molar refractivity (Wildman–Crippen MR) is 105 cm³/mol. The van der Waals surface area contributed by atoms with Crippen LogP contribution < -0.4 is 0 Å². The zero-order valence-corrected chi connectivity index (χ0v) is 20.5. The number of hydrogen-bond donors (Lipinski definition) is 0. The first-order chi connectivity index (χ1) is 10.2. The van der Waals surface area contributed by atoms with Crippen LogP contribution in [-0.4, -0.2) is 16.0 Å². The zero-order chi connectivity index (χ0) is 16.5. The van der Waals surface area contributed by atoms with Crippen molar-refractivity contribution in [2.45, 2.75) is 70.4 Å². The molecule has 0 aliphatic heterocycles. The van der Waals surface area contributed by atoms with Crippen molar-refractivity contribution in [3.05, 3.63) is 16.2 Å². The maximum absolute atomic E-state index is 2.46. The van der Waals surface area contributed by atoms with E-state index in [1.807, 2.05) is 0 Å². The number of fused-ring (bicyclic) bond motifs is 3. The van der Waals surface area contributed by atoms with Gasteiger partial charge in [0.05, 0.1) is 0 Å². The Morgan fingerprint density at radius 3 is 1.86 bits per heavy atom. The van der Waals surface area contributed by atoms with Crippen LogP contribution in [0.4, 0.5) is 0 Å². The summed E-state index contributed by atoms with van der Waals surface area (Å²) in [5.74, 6) is 1.09. The van der Waals surface area contributed by atoms with Crippen molar-refractivity contribution >= 4 is 45.7 Å². The van der Waals surface area contributed by atoms with Crippen LogP contribution in [0.15, 0.2) is 12.4 Å². The van der Waals surface area contributed by atoms with Crippen LogP contribution >= 0.6 is 45.7 Å². The Kier molecular flexibility index (Phi) is 6.87. The van der Waals surface area contributed by atoms with Crippen molar-refractivity contribution in [2.24, 2.45) is 13.0 Å². The molecule has 0 radical (unpaired) electrons. The molecule has 0 amide bonds. The van der Waals surface area contributed by atoms with Crippen LogP contribution in [0.3, 0.4) is 0 Å². The molecular formula is C16H27I2N3Pt. The summed E-state index contributed by atoms with van der Waals surface area (Å²) in [4.78, 5) is 0. The summed E-state index contributed by atoms with van der Waals surface area (Å²) >= 11 is 7.25. The molecule has 4 rings (SSSR count). The van der Waals surface area contributed by atoms with Gasteiger partial charge >= 0.3 is 78.0 Å². The fourth-order valence-corrected chi connectivity index (χ4v) is 5.96. The molecule has 6 heteroatoms. The minimum atomic E-state index is 0.193. The predicted octanol–water partition coefficient (Wildman–Crippen LogP) is 5.37. The molecule has 0 saturated heterocycles. The second kappa shape index (κ2) is 7.69. The van der Waals surface area contributed by atoms with Gasteiger partial charge in [0.25, 0.3) is 0 Å². The molecule has 3 nitrogen and oxygen atoms in total. The Hall–Kier alpha value is 1.32. The molecular weight excluding hydrogens is 683 g/mol. The Morgan fingerprint density at radius 2 is 1.64 bits per heavy atom. The SMILES string of the molecule is Cn1ccn(C(C)(C)C)[c]1=[Pt].IN(I)C12CCC(CC1)CC2. The molecule has 3 aliphatic rings. The maximum atomic E-state index is 2.46. The summed E-state index contributed by atoms with van der Waals surface area (Å²) < 4.78 is 8.05. The van der Waals surface area contributed by atoms with Gasteiger partial charge < -0.3 is 0 Å². The smallest absolute Gasteiger partial charge is 0.0408 e. The minimum Gasteiger partial charge on any atom is -0.182 e. The summed E-state index contributed by atoms with van der Waals surface area (Å²) in [6, 6.07) is 0. The fourth-order valence-electron chi connectivity index (χ4n) is 3.41. The third-order valence-corrected chi connectivity index (χ3v) is 8.42. The summed E-state index contributed by atoms with van der Waals surface area (Å²) in [5.41, 5.74) is 0.786. The van der Waals surface area contributed by atoms with Crippen LogP contribution in [0.25, 0.3) is 0 Å². The second-order valence-electron chi connectivity index (χ2n) is 7.63. The van der Waals surface area contributed by atoms with Crippen molar-refractivity contribution in [1.29, 1.82) is 0 Å². The van der Waals surface area contributed by atoms with Crippen LogP contribution in [0, 0.1) is 9.72 Å². The van der Waals surface area contributed by atoms with Crippen molar-refractivity contribution < 1.29 is 19.4 Å². The van der Waals surface area contributed by atoms with Gasteiger partial charge in [-0.05, 0) is 44.4 Å². The molecule has 0 aromatic carbocycles. The Morgan fingerprint density at radius 1 is 1.14 bits per heavy atom. The number of imidazole rings is 1. The number of nitrogens with zero attached hydrogens (tertiary/aromatic N) is 3. The Balaban J connectivity index is 0.000000160. The quantitative estimate of drug-likeness (QED) is 0.283. The van der Waals surface area contributed by atoms with Gasteiger partial charge in [0.2, 0.25) is 0 Å². The molecule has 2 bridgehead atoms. The van der Waals surface area contributed by atoms with Crippen molar-refractivity contribution in [2.75, 3.05) is 0 Å². The van der Waals surface area contributed by atoms with Crippen LogP contribution in [0.1, 0.15) is 59.3 Å². The molecule has 1 aromatic rings. The van der Waals surface area contributed by atoms with E-state index < -0.39 is 0 Å². The van der Waals surface area contributed by atoms with Crippen LogP contribution in [-0.2, 0) is 31.9 Å². The standard InChI is InChI=1S/C8H13I2N.C8H14N2.Pt/c9-11(10)8-4-1-7(2-5-8)3-6-8;1-8(2,3)10-6-5-9(4)7-10;/h7H,1-6H2;5-6H,1-4H3;. The average molecular weight is 710 g/mol. The van der Waals surface area contributed by atoms with E-state index in [2.05, 4.69) is 116 Å². The number of aryl methyl sites for hydroxylation is 1. The Labute approximate surface area is 173 Å². The second-order valence-corrected chi connectivity index (χ2v) is 12.4. The molecule has 130 valence electrons. The summed E-state index contributed by atoms with van der Waals surface area (Å²) in [6.45, 7) is 6.61. The van der Waals surface area contributed by atoms with E-state index in [1.165, 1.54) is 42.3 Å². The summed E-state index contributed by atoms with van der Waals surface area (Å²) in [6.07, 6.45) is 13.0. The first-order valence-electron chi connectivity index (χ1n) is 7.97. The molecule has 22 heavy (non-hydrogen) atoms. The topological polar surface area (TPSA) is 13.1 Å². The largest absolute Gasteiger partial charge is 0.182 e. The first-order valence-corrected chi connectivity index (χ1v) is 11.0.